The van der Waals surface area contributed by atoms with Crippen molar-refractivity contribution in [1.82, 2.24) is 14.9 Å². The van der Waals surface area contributed by atoms with Crippen molar-refractivity contribution in [1.29, 1.82) is 0 Å². The van der Waals surface area contributed by atoms with Gasteiger partial charge in [-0.3, -0.25) is 4.79 Å². The van der Waals surface area contributed by atoms with E-state index in [1.54, 1.807) is 12.4 Å². The van der Waals surface area contributed by atoms with E-state index >= 15 is 0 Å². The molecule has 0 saturated carbocycles. The zero-order valence-electron chi connectivity index (χ0n) is 17.3. The van der Waals surface area contributed by atoms with Crippen molar-refractivity contribution in [3.8, 4) is 0 Å². The Morgan fingerprint density at radius 2 is 1.38 bits per heavy atom. The second-order valence-electron chi connectivity index (χ2n) is 7.28. The molecule has 0 atom stereocenters. The van der Waals surface area contributed by atoms with Crippen LogP contribution in [0, 0.1) is 0 Å². The molecular formula is C24H28N4O. The van der Waals surface area contributed by atoms with Crippen LogP contribution in [0.2, 0.25) is 0 Å². The minimum atomic E-state index is -0.0542. The first-order valence-electron chi connectivity index (χ1n) is 10.0. The van der Waals surface area contributed by atoms with Crippen LogP contribution in [-0.4, -0.2) is 33.4 Å². The molecule has 1 heterocycles. The molecule has 0 spiro atoms. The highest BCUT2D eigenvalue weighted by molar-refractivity contribution is 5.93. The number of anilines is 1. The monoisotopic (exact) mass is 388 g/mol. The molecule has 29 heavy (non-hydrogen) atoms. The number of carbonyl (C=O) groups is 1. The quantitative estimate of drug-likeness (QED) is 0.568. The van der Waals surface area contributed by atoms with E-state index in [4.69, 9.17) is 0 Å². The van der Waals surface area contributed by atoms with Crippen molar-refractivity contribution >= 4 is 11.9 Å². The van der Waals surface area contributed by atoms with Gasteiger partial charge in [-0.25, -0.2) is 9.97 Å². The van der Waals surface area contributed by atoms with Gasteiger partial charge in [0.05, 0.1) is 5.56 Å². The summed E-state index contributed by atoms with van der Waals surface area (Å²) < 4.78 is 0. The SMILES string of the molecule is CCN(Cc1ccccc1)c1ncc(C(=O)N(Cc2ccccc2)C(C)C)cn1. The highest BCUT2D eigenvalue weighted by atomic mass is 16.2. The Balaban J connectivity index is 1.74. The molecule has 0 unspecified atom stereocenters. The molecule has 5 heteroatoms. The van der Waals surface area contributed by atoms with Crippen LogP contribution in [0.1, 0.15) is 42.3 Å². The Labute approximate surface area is 173 Å². The Morgan fingerprint density at radius 3 is 1.86 bits per heavy atom. The smallest absolute Gasteiger partial charge is 0.257 e. The second kappa shape index (κ2) is 9.82. The van der Waals surface area contributed by atoms with E-state index < -0.39 is 0 Å². The van der Waals surface area contributed by atoms with Crippen molar-refractivity contribution in [2.75, 3.05) is 11.4 Å². The van der Waals surface area contributed by atoms with Crippen molar-refractivity contribution in [3.63, 3.8) is 0 Å². The van der Waals surface area contributed by atoms with Gasteiger partial charge in [0.2, 0.25) is 5.95 Å². The predicted octanol–water partition coefficient (Wildman–Crippen LogP) is 4.55. The van der Waals surface area contributed by atoms with Crippen LogP contribution in [0.5, 0.6) is 0 Å². The molecule has 5 nitrogen and oxygen atoms in total. The highest BCUT2D eigenvalue weighted by Crippen LogP contribution is 2.15. The van der Waals surface area contributed by atoms with Gasteiger partial charge >= 0.3 is 0 Å². The van der Waals surface area contributed by atoms with Crippen LogP contribution >= 0.6 is 0 Å². The Hall–Kier alpha value is -3.21. The van der Waals surface area contributed by atoms with Gasteiger partial charge in [-0.1, -0.05) is 60.7 Å². The van der Waals surface area contributed by atoms with Gasteiger partial charge in [0, 0.05) is 38.1 Å². The molecule has 0 aliphatic rings. The van der Waals surface area contributed by atoms with Crippen molar-refractivity contribution < 1.29 is 4.79 Å². The van der Waals surface area contributed by atoms with Gasteiger partial charge in [0.25, 0.3) is 5.91 Å². The van der Waals surface area contributed by atoms with Gasteiger partial charge < -0.3 is 9.80 Å². The summed E-state index contributed by atoms with van der Waals surface area (Å²) in [6.45, 7) is 8.20. The summed E-state index contributed by atoms with van der Waals surface area (Å²) in [5, 5.41) is 0. The summed E-state index contributed by atoms with van der Waals surface area (Å²) >= 11 is 0. The normalized spacial score (nSPS) is 10.8. The van der Waals surface area contributed by atoms with Crippen LogP contribution < -0.4 is 4.90 Å². The number of carbonyl (C=O) groups excluding carboxylic acids is 1. The number of nitrogens with zero attached hydrogens (tertiary/aromatic N) is 4. The summed E-state index contributed by atoms with van der Waals surface area (Å²) in [5.74, 6) is 0.577. The minimum Gasteiger partial charge on any atom is -0.337 e. The van der Waals surface area contributed by atoms with E-state index in [1.165, 1.54) is 5.56 Å². The fourth-order valence-corrected chi connectivity index (χ4v) is 3.16. The number of hydrogen-bond donors (Lipinski definition) is 0. The highest BCUT2D eigenvalue weighted by Gasteiger charge is 2.20. The zero-order valence-corrected chi connectivity index (χ0v) is 17.3. The van der Waals surface area contributed by atoms with Gasteiger partial charge in [-0.05, 0) is 31.9 Å². The average molecular weight is 389 g/mol. The van der Waals surface area contributed by atoms with Crippen molar-refractivity contribution in [2.45, 2.75) is 39.9 Å². The summed E-state index contributed by atoms with van der Waals surface area (Å²) in [4.78, 5) is 26.0. The maximum Gasteiger partial charge on any atom is 0.257 e. The van der Waals surface area contributed by atoms with E-state index in [0.717, 1.165) is 18.7 Å². The Morgan fingerprint density at radius 1 is 0.862 bits per heavy atom. The maximum atomic E-state index is 13.1. The third-order valence-corrected chi connectivity index (χ3v) is 4.85. The van der Waals surface area contributed by atoms with Crippen LogP contribution in [0.15, 0.2) is 73.1 Å². The van der Waals surface area contributed by atoms with Crippen LogP contribution in [0.3, 0.4) is 0 Å². The van der Waals surface area contributed by atoms with E-state index in [2.05, 4.69) is 33.9 Å². The van der Waals surface area contributed by atoms with Gasteiger partial charge in [0.15, 0.2) is 0 Å². The summed E-state index contributed by atoms with van der Waals surface area (Å²) in [6.07, 6.45) is 3.28. The van der Waals surface area contributed by atoms with Gasteiger partial charge in [-0.15, -0.1) is 0 Å². The molecule has 150 valence electrons. The van der Waals surface area contributed by atoms with E-state index in [9.17, 15) is 4.79 Å². The third kappa shape index (κ3) is 5.41. The lowest BCUT2D eigenvalue weighted by molar-refractivity contribution is 0.0689. The van der Waals surface area contributed by atoms with Crippen LogP contribution in [0.25, 0.3) is 0 Å². The lowest BCUT2D eigenvalue weighted by atomic mass is 10.1. The molecule has 1 aromatic heterocycles. The first kappa shape index (κ1) is 20.5. The topological polar surface area (TPSA) is 49.3 Å². The second-order valence-corrected chi connectivity index (χ2v) is 7.28. The van der Waals surface area contributed by atoms with Gasteiger partial charge in [-0.2, -0.15) is 0 Å². The molecule has 0 aliphatic carbocycles. The molecule has 3 aromatic rings. The fraction of sp³-hybridized carbons (Fsp3) is 0.292. The summed E-state index contributed by atoms with van der Waals surface area (Å²) in [6, 6.07) is 20.3. The molecular weight excluding hydrogens is 360 g/mol. The maximum absolute atomic E-state index is 13.1. The molecule has 1 amide bonds. The standard InChI is InChI=1S/C24H28N4O/c1-4-27(17-20-11-7-5-8-12-20)24-25-15-22(16-26-24)23(29)28(19(2)3)18-21-13-9-6-10-14-21/h5-16,19H,4,17-18H2,1-3H3. The molecule has 2 aromatic carbocycles. The number of aromatic nitrogens is 2. The first-order chi connectivity index (χ1) is 14.1. The predicted molar refractivity (Wildman–Crippen MR) is 117 cm³/mol. The first-order valence-corrected chi connectivity index (χ1v) is 10.0. The lowest BCUT2D eigenvalue weighted by Crippen LogP contribution is -2.36. The zero-order chi connectivity index (χ0) is 20.6. The van der Waals surface area contributed by atoms with E-state index in [-0.39, 0.29) is 11.9 Å². The average Bonchev–Trinajstić information content (AvgIpc) is 2.77. The number of rotatable bonds is 8. The molecule has 0 saturated heterocycles. The van der Waals surface area contributed by atoms with Crippen molar-refractivity contribution in [3.05, 3.63) is 89.7 Å². The Kier molecular flexibility index (Phi) is 6.95. The number of benzene rings is 2. The summed E-state index contributed by atoms with van der Waals surface area (Å²) in [5.41, 5.74) is 2.81. The molecule has 3 rings (SSSR count). The third-order valence-electron chi connectivity index (χ3n) is 4.85. The summed E-state index contributed by atoms with van der Waals surface area (Å²) in [7, 11) is 0. The van der Waals surface area contributed by atoms with E-state index in [0.29, 0.717) is 18.1 Å². The minimum absolute atomic E-state index is 0.0542. The number of hydrogen-bond acceptors (Lipinski definition) is 4. The molecule has 0 aliphatic heterocycles. The van der Waals surface area contributed by atoms with Gasteiger partial charge in [0.1, 0.15) is 0 Å². The van der Waals surface area contributed by atoms with Crippen LogP contribution in [-0.2, 0) is 13.1 Å². The van der Waals surface area contributed by atoms with E-state index in [1.807, 2.05) is 67.3 Å². The molecule has 0 radical (unpaired) electrons. The number of amides is 1. The Bertz CT molecular complexity index is 895. The van der Waals surface area contributed by atoms with Crippen LogP contribution in [0.4, 0.5) is 5.95 Å². The lowest BCUT2D eigenvalue weighted by Gasteiger charge is -2.27. The van der Waals surface area contributed by atoms with Crippen molar-refractivity contribution in [2.24, 2.45) is 0 Å². The molecule has 0 N–H and O–H groups in total. The largest absolute Gasteiger partial charge is 0.337 e. The fourth-order valence-electron chi connectivity index (χ4n) is 3.16. The molecule has 0 fully saturated rings. The molecule has 0 bridgehead atoms.